The fourth-order valence-corrected chi connectivity index (χ4v) is 2.70. The molecular formula is C12H20N2O3. The first-order valence-electron chi connectivity index (χ1n) is 6.30. The number of amides is 1. The molecule has 2 atom stereocenters. The van der Waals surface area contributed by atoms with E-state index in [0.717, 1.165) is 38.8 Å². The second-order valence-corrected chi connectivity index (χ2v) is 5.09. The molecule has 1 N–H and O–H groups in total. The summed E-state index contributed by atoms with van der Waals surface area (Å²) in [5, 5.41) is 8.98. The normalized spacial score (nSPS) is 28.2. The zero-order valence-corrected chi connectivity index (χ0v) is 10.3. The van der Waals surface area contributed by atoms with Crippen LogP contribution in [0.1, 0.15) is 25.7 Å². The number of hydrogen-bond acceptors (Lipinski definition) is 3. The molecule has 0 aromatic carbocycles. The van der Waals surface area contributed by atoms with Gasteiger partial charge in [-0.15, -0.1) is 0 Å². The first-order chi connectivity index (χ1) is 8.09. The molecular weight excluding hydrogens is 220 g/mol. The van der Waals surface area contributed by atoms with Gasteiger partial charge in [-0.25, -0.2) is 0 Å². The van der Waals surface area contributed by atoms with Crippen molar-refractivity contribution in [2.24, 2.45) is 5.92 Å². The van der Waals surface area contributed by atoms with E-state index in [9.17, 15) is 9.59 Å². The van der Waals surface area contributed by atoms with Gasteiger partial charge in [-0.3, -0.25) is 14.5 Å². The predicted molar refractivity (Wildman–Crippen MR) is 62.6 cm³/mol. The molecule has 1 aliphatic carbocycles. The number of likely N-dealkylation sites (tertiary alicyclic amines) is 1. The number of rotatable bonds is 4. The molecule has 1 saturated carbocycles. The third kappa shape index (κ3) is 2.60. The average Bonchev–Trinajstić information content (AvgIpc) is 2.66. The summed E-state index contributed by atoms with van der Waals surface area (Å²) in [6.45, 7) is 2.08. The Balaban J connectivity index is 1.82. The van der Waals surface area contributed by atoms with Crippen molar-refractivity contribution in [3.63, 3.8) is 0 Å². The summed E-state index contributed by atoms with van der Waals surface area (Å²) in [7, 11) is 1.85. The smallest absolute Gasteiger partial charge is 0.308 e. The van der Waals surface area contributed by atoms with E-state index in [2.05, 4.69) is 0 Å². The van der Waals surface area contributed by atoms with Gasteiger partial charge in [-0.2, -0.15) is 0 Å². The van der Waals surface area contributed by atoms with Crippen LogP contribution in [0.5, 0.6) is 0 Å². The Kier molecular flexibility index (Phi) is 3.66. The van der Waals surface area contributed by atoms with Crippen molar-refractivity contribution >= 4 is 11.9 Å². The van der Waals surface area contributed by atoms with E-state index in [1.54, 1.807) is 0 Å². The van der Waals surface area contributed by atoms with Crippen molar-refractivity contribution in [3.05, 3.63) is 0 Å². The molecule has 96 valence electrons. The minimum Gasteiger partial charge on any atom is -0.481 e. The highest BCUT2D eigenvalue weighted by Gasteiger charge is 2.39. The van der Waals surface area contributed by atoms with Crippen molar-refractivity contribution in [2.45, 2.75) is 31.7 Å². The molecule has 1 saturated heterocycles. The van der Waals surface area contributed by atoms with Crippen molar-refractivity contribution in [3.8, 4) is 0 Å². The largest absolute Gasteiger partial charge is 0.481 e. The zero-order valence-electron chi connectivity index (χ0n) is 10.3. The summed E-state index contributed by atoms with van der Waals surface area (Å²) in [5.41, 5.74) is 0. The first kappa shape index (κ1) is 12.4. The molecule has 0 aromatic heterocycles. The quantitative estimate of drug-likeness (QED) is 0.773. The number of aliphatic carboxylic acids is 1. The number of carboxylic acids is 1. The number of likely N-dealkylation sites (N-methyl/N-ethyl adjacent to an activating group) is 1. The third-order valence-electron chi connectivity index (χ3n) is 3.96. The summed E-state index contributed by atoms with van der Waals surface area (Å²) >= 11 is 0. The van der Waals surface area contributed by atoms with Gasteiger partial charge in [0, 0.05) is 19.1 Å². The van der Waals surface area contributed by atoms with E-state index in [4.69, 9.17) is 5.11 Å². The van der Waals surface area contributed by atoms with Crippen LogP contribution in [0.25, 0.3) is 0 Å². The second kappa shape index (κ2) is 5.04. The van der Waals surface area contributed by atoms with Crippen LogP contribution in [-0.2, 0) is 9.59 Å². The van der Waals surface area contributed by atoms with E-state index < -0.39 is 5.97 Å². The highest BCUT2D eigenvalue weighted by Crippen LogP contribution is 2.31. The van der Waals surface area contributed by atoms with Crippen LogP contribution in [0.3, 0.4) is 0 Å². The Labute approximate surface area is 101 Å². The molecule has 5 heteroatoms. The highest BCUT2D eigenvalue weighted by atomic mass is 16.4. The predicted octanol–water partition coefficient (Wildman–Crippen LogP) is 0.404. The number of carbonyl (C=O) groups excluding carboxylic acids is 1. The topological polar surface area (TPSA) is 60.9 Å². The van der Waals surface area contributed by atoms with Gasteiger partial charge >= 0.3 is 5.97 Å². The molecule has 2 aliphatic rings. The van der Waals surface area contributed by atoms with Crippen molar-refractivity contribution < 1.29 is 14.7 Å². The Morgan fingerprint density at radius 2 is 1.94 bits per heavy atom. The second-order valence-electron chi connectivity index (χ2n) is 5.09. The Bertz CT molecular complexity index is 313. The standard InChI is InChI=1S/C12H20N2O3/c1-13(10-5-4-9(10)12(16)17)8-11(15)14-6-2-3-7-14/h9-10H,2-8H2,1H3,(H,16,17). The minimum atomic E-state index is -0.735. The van der Waals surface area contributed by atoms with Crippen molar-refractivity contribution in [2.75, 3.05) is 26.7 Å². The lowest BCUT2D eigenvalue weighted by molar-refractivity contribution is -0.150. The monoisotopic (exact) mass is 240 g/mol. The summed E-state index contributed by atoms with van der Waals surface area (Å²) in [5.74, 6) is -0.880. The van der Waals surface area contributed by atoms with Gasteiger partial charge < -0.3 is 10.0 Å². The van der Waals surface area contributed by atoms with E-state index in [1.807, 2.05) is 16.8 Å². The van der Waals surface area contributed by atoms with Crippen LogP contribution in [-0.4, -0.2) is 59.5 Å². The number of carboxylic acid groups (broad SMARTS) is 1. The Morgan fingerprint density at radius 1 is 1.29 bits per heavy atom. The lowest BCUT2D eigenvalue weighted by Gasteiger charge is -2.40. The fourth-order valence-electron chi connectivity index (χ4n) is 2.70. The maximum absolute atomic E-state index is 11.9. The summed E-state index contributed by atoms with van der Waals surface area (Å²) in [4.78, 5) is 26.6. The molecule has 0 radical (unpaired) electrons. The summed E-state index contributed by atoms with van der Waals surface area (Å²) in [6, 6.07) is 0.0408. The van der Waals surface area contributed by atoms with Gasteiger partial charge in [0.1, 0.15) is 0 Å². The summed E-state index contributed by atoms with van der Waals surface area (Å²) in [6.07, 6.45) is 3.82. The SMILES string of the molecule is CN(CC(=O)N1CCCC1)C1CCC1C(=O)O. The molecule has 2 rings (SSSR count). The highest BCUT2D eigenvalue weighted by molar-refractivity contribution is 5.79. The maximum Gasteiger partial charge on any atom is 0.308 e. The molecule has 0 aromatic rings. The van der Waals surface area contributed by atoms with Gasteiger partial charge in [0.05, 0.1) is 12.5 Å². The first-order valence-corrected chi connectivity index (χ1v) is 6.30. The van der Waals surface area contributed by atoms with Crippen molar-refractivity contribution in [1.82, 2.24) is 9.80 Å². The van der Waals surface area contributed by atoms with Crippen molar-refractivity contribution in [1.29, 1.82) is 0 Å². The maximum atomic E-state index is 11.9. The lowest BCUT2D eigenvalue weighted by Crippen LogP contribution is -2.51. The molecule has 0 bridgehead atoms. The molecule has 2 unspecified atom stereocenters. The number of hydrogen-bond donors (Lipinski definition) is 1. The van der Waals surface area contributed by atoms with Crippen LogP contribution in [0.4, 0.5) is 0 Å². The van der Waals surface area contributed by atoms with Gasteiger partial charge in [0.2, 0.25) is 5.91 Å². The van der Waals surface area contributed by atoms with E-state index >= 15 is 0 Å². The van der Waals surface area contributed by atoms with Crippen LogP contribution in [0.2, 0.25) is 0 Å². The molecule has 2 fully saturated rings. The molecule has 1 amide bonds. The lowest BCUT2D eigenvalue weighted by atomic mass is 9.78. The number of nitrogens with zero attached hydrogens (tertiary/aromatic N) is 2. The summed E-state index contributed by atoms with van der Waals surface area (Å²) < 4.78 is 0. The van der Waals surface area contributed by atoms with Gasteiger partial charge in [0.15, 0.2) is 0 Å². The molecule has 1 aliphatic heterocycles. The Hall–Kier alpha value is -1.10. The molecule has 0 spiro atoms. The van der Waals surface area contributed by atoms with Gasteiger partial charge in [0.25, 0.3) is 0 Å². The average molecular weight is 240 g/mol. The van der Waals surface area contributed by atoms with Gasteiger partial charge in [-0.1, -0.05) is 0 Å². The minimum absolute atomic E-state index is 0.0408. The van der Waals surface area contributed by atoms with Crippen LogP contribution >= 0.6 is 0 Å². The fraction of sp³-hybridized carbons (Fsp3) is 0.833. The van der Waals surface area contributed by atoms with E-state index in [1.165, 1.54) is 0 Å². The zero-order chi connectivity index (χ0) is 12.4. The molecule has 5 nitrogen and oxygen atoms in total. The molecule has 17 heavy (non-hydrogen) atoms. The number of carbonyl (C=O) groups is 2. The van der Waals surface area contributed by atoms with Crippen LogP contribution < -0.4 is 0 Å². The Morgan fingerprint density at radius 3 is 2.41 bits per heavy atom. The molecule has 1 heterocycles. The van der Waals surface area contributed by atoms with E-state index in [-0.39, 0.29) is 17.9 Å². The van der Waals surface area contributed by atoms with Gasteiger partial charge in [-0.05, 0) is 32.7 Å². The third-order valence-corrected chi connectivity index (χ3v) is 3.96. The van der Waals surface area contributed by atoms with Crippen LogP contribution in [0.15, 0.2) is 0 Å². The van der Waals surface area contributed by atoms with E-state index in [0.29, 0.717) is 6.54 Å². The van der Waals surface area contributed by atoms with Crippen LogP contribution in [0, 0.1) is 5.92 Å².